The third-order valence-electron chi connectivity index (χ3n) is 4.83. The minimum absolute atomic E-state index is 0.00621. The van der Waals surface area contributed by atoms with Gasteiger partial charge in [0.25, 0.3) is 0 Å². The summed E-state index contributed by atoms with van der Waals surface area (Å²) in [5, 5.41) is 3.98. The van der Waals surface area contributed by atoms with E-state index in [1.54, 1.807) is 7.11 Å². The van der Waals surface area contributed by atoms with Crippen molar-refractivity contribution in [1.82, 2.24) is 15.0 Å². The van der Waals surface area contributed by atoms with Crippen LogP contribution < -0.4 is 4.74 Å². The number of carbonyl (C=O) groups excluding carboxylic acids is 1. The molecule has 0 radical (unpaired) electrons. The molecule has 0 bridgehead atoms. The van der Waals surface area contributed by atoms with E-state index >= 15 is 0 Å². The first-order valence-corrected chi connectivity index (χ1v) is 9.22. The zero-order chi connectivity index (χ0) is 19.3. The van der Waals surface area contributed by atoms with E-state index in [1.165, 1.54) is 11.1 Å². The lowest BCUT2D eigenvalue weighted by Crippen LogP contribution is -2.35. The van der Waals surface area contributed by atoms with E-state index < -0.39 is 0 Å². The topological polar surface area (TPSA) is 68.5 Å². The van der Waals surface area contributed by atoms with E-state index in [0.29, 0.717) is 24.8 Å². The summed E-state index contributed by atoms with van der Waals surface area (Å²) in [6, 6.07) is 17.7. The van der Waals surface area contributed by atoms with Crippen molar-refractivity contribution in [3.63, 3.8) is 0 Å². The normalized spacial score (nSPS) is 13.9. The van der Waals surface area contributed by atoms with Crippen LogP contribution in [0.2, 0.25) is 0 Å². The Balaban J connectivity index is 1.38. The fourth-order valence-corrected chi connectivity index (χ4v) is 3.24. The molecule has 0 saturated carbocycles. The molecule has 6 heteroatoms. The lowest BCUT2D eigenvalue weighted by molar-refractivity contribution is -0.130. The molecule has 0 spiro atoms. The second kappa shape index (κ2) is 8.08. The quantitative estimate of drug-likeness (QED) is 0.681. The predicted octanol–water partition coefficient (Wildman–Crippen LogP) is 3.60. The van der Waals surface area contributed by atoms with E-state index in [9.17, 15) is 4.79 Å². The molecule has 3 aromatic rings. The molecular weight excluding hydrogens is 354 g/mol. The lowest BCUT2D eigenvalue weighted by Gasteiger charge is -2.26. The highest BCUT2D eigenvalue weighted by Gasteiger charge is 2.20. The summed E-state index contributed by atoms with van der Waals surface area (Å²) in [5.41, 5.74) is 3.32. The van der Waals surface area contributed by atoms with Gasteiger partial charge in [-0.3, -0.25) is 4.79 Å². The Kier molecular flexibility index (Phi) is 5.19. The summed E-state index contributed by atoms with van der Waals surface area (Å²) < 4.78 is 10.4. The number of ether oxygens (including phenoxy) is 1. The minimum Gasteiger partial charge on any atom is -0.497 e. The highest BCUT2D eigenvalue weighted by atomic mass is 16.5. The SMILES string of the molecule is COc1ccc(-c2noc(CC(=O)N3CC=C(c4ccccc4)CC3)n2)cc1. The molecule has 0 fully saturated rings. The predicted molar refractivity (Wildman–Crippen MR) is 106 cm³/mol. The molecule has 0 N–H and O–H groups in total. The molecule has 1 aliphatic rings. The van der Waals surface area contributed by atoms with E-state index in [1.807, 2.05) is 47.4 Å². The van der Waals surface area contributed by atoms with E-state index in [4.69, 9.17) is 9.26 Å². The molecule has 142 valence electrons. The molecule has 2 heterocycles. The first-order valence-electron chi connectivity index (χ1n) is 9.22. The maximum atomic E-state index is 12.6. The molecule has 0 saturated heterocycles. The first kappa shape index (κ1) is 18.0. The maximum absolute atomic E-state index is 12.6. The van der Waals surface area contributed by atoms with Crippen LogP contribution >= 0.6 is 0 Å². The van der Waals surface area contributed by atoms with Crippen LogP contribution in [0, 0.1) is 0 Å². The van der Waals surface area contributed by atoms with Gasteiger partial charge in [0, 0.05) is 18.7 Å². The van der Waals surface area contributed by atoms with Gasteiger partial charge >= 0.3 is 0 Å². The van der Waals surface area contributed by atoms with Gasteiger partial charge in [0.2, 0.25) is 17.6 Å². The van der Waals surface area contributed by atoms with Crippen molar-refractivity contribution in [2.75, 3.05) is 20.2 Å². The van der Waals surface area contributed by atoms with Crippen LogP contribution in [-0.2, 0) is 11.2 Å². The number of hydrogen-bond acceptors (Lipinski definition) is 5. The van der Waals surface area contributed by atoms with Crippen LogP contribution in [0.3, 0.4) is 0 Å². The highest BCUT2D eigenvalue weighted by Crippen LogP contribution is 2.23. The lowest BCUT2D eigenvalue weighted by atomic mass is 9.99. The van der Waals surface area contributed by atoms with Gasteiger partial charge in [-0.15, -0.1) is 0 Å². The Morgan fingerprint density at radius 3 is 2.57 bits per heavy atom. The molecule has 6 nitrogen and oxygen atoms in total. The number of amides is 1. The van der Waals surface area contributed by atoms with Crippen LogP contribution in [0.15, 0.2) is 65.2 Å². The number of methoxy groups -OCH3 is 1. The molecule has 0 unspecified atom stereocenters. The average Bonchev–Trinajstić information content (AvgIpc) is 3.23. The van der Waals surface area contributed by atoms with Crippen molar-refractivity contribution < 1.29 is 14.1 Å². The molecule has 1 amide bonds. The van der Waals surface area contributed by atoms with Gasteiger partial charge in [0.05, 0.1) is 7.11 Å². The fourth-order valence-electron chi connectivity index (χ4n) is 3.24. The molecule has 1 aromatic heterocycles. The second-order valence-electron chi connectivity index (χ2n) is 6.60. The van der Waals surface area contributed by atoms with Crippen LogP contribution in [0.4, 0.5) is 0 Å². The largest absolute Gasteiger partial charge is 0.497 e. The summed E-state index contributed by atoms with van der Waals surface area (Å²) in [7, 11) is 1.62. The summed E-state index contributed by atoms with van der Waals surface area (Å²) >= 11 is 0. The van der Waals surface area contributed by atoms with Gasteiger partial charge < -0.3 is 14.2 Å². The van der Waals surface area contributed by atoms with Crippen LogP contribution in [0.1, 0.15) is 17.9 Å². The summed E-state index contributed by atoms with van der Waals surface area (Å²) in [6.07, 6.45) is 3.07. The van der Waals surface area contributed by atoms with Crippen LogP contribution in [-0.4, -0.2) is 41.1 Å². The standard InChI is InChI=1S/C22H21N3O3/c1-27-19-9-7-18(8-10-19)22-23-20(28-24-22)15-21(26)25-13-11-17(12-14-25)16-5-3-2-4-6-16/h2-11H,12-15H2,1H3. The van der Waals surface area contributed by atoms with Crippen molar-refractivity contribution in [3.05, 3.63) is 72.1 Å². The summed E-state index contributed by atoms with van der Waals surface area (Å²) in [4.78, 5) is 18.8. The Hall–Kier alpha value is -3.41. The molecule has 4 rings (SSSR count). The van der Waals surface area contributed by atoms with Crippen molar-refractivity contribution in [2.45, 2.75) is 12.8 Å². The van der Waals surface area contributed by atoms with Gasteiger partial charge in [0.15, 0.2) is 0 Å². The molecule has 2 aromatic carbocycles. The fraction of sp³-hybridized carbons (Fsp3) is 0.227. The van der Waals surface area contributed by atoms with Crippen molar-refractivity contribution in [3.8, 4) is 17.1 Å². The van der Waals surface area contributed by atoms with E-state index in [0.717, 1.165) is 17.7 Å². The minimum atomic E-state index is -0.00621. The molecule has 0 atom stereocenters. The van der Waals surface area contributed by atoms with E-state index in [2.05, 4.69) is 28.3 Å². The molecule has 0 aliphatic carbocycles. The van der Waals surface area contributed by atoms with Crippen LogP contribution in [0.25, 0.3) is 17.0 Å². The zero-order valence-electron chi connectivity index (χ0n) is 15.7. The van der Waals surface area contributed by atoms with Gasteiger partial charge in [-0.2, -0.15) is 4.98 Å². The third-order valence-corrected chi connectivity index (χ3v) is 4.83. The molecule has 28 heavy (non-hydrogen) atoms. The molecule has 1 aliphatic heterocycles. The van der Waals surface area contributed by atoms with Crippen molar-refractivity contribution >= 4 is 11.5 Å². The van der Waals surface area contributed by atoms with Gasteiger partial charge in [-0.25, -0.2) is 0 Å². The van der Waals surface area contributed by atoms with Crippen LogP contribution in [0.5, 0.6) is 5.75 Å². The Bertz CT molecular complexity index is 978. The van der Waals surface area contributed by atoms with Gasteiger partial charge in [-0.05, 0) is 41.8 Å². The summed E-state index contributed by atoms with van der Waals surface area (Å²) in [5.74, 6) is 1.55. The average molecular weight is 375 g/mol. The number of benzene rings is 2. The number of aromatic nitrogens is 2. The monoisotopic (exact) mass is 375 g/mol. The van der Waals surface area contributed by atoms with Crippen molar-refractivity contribution in [2.24, 2.45) is 0 Å². The number of hydrogen-bond donors (Lipinski definition) is 0. The van der Waals surface area contributed by atoms with E-state index in [-0.39, 0.29) is 12.3 Å². The number of rotatable bonds is 5. The maximum Gasteiger partial charge on any atom is 0.236 e. The molecular formula is C22H21N3O3. The summed E-state index contributed by atoms with van der Waals surface area (Å²) in [6.45, 7) is 1.29. The van der Waals surface area contributed by atoms with Crippen molar-refractivity contribution in [1.29, 1.82) is 0 Å². The smallest absolute Gasteiger partial charge is 0.236 e. The highest BCUT2D eigenvalue weighted by molar-refractivity contribution is 5.79. The number of carbonyl (C=O) groups is 1. The number of nitrogens with zero attached hydrogens (tertiary/aromatic N) is 3. The Morgan fingerprint density at radius 1 is 1.11 bits per heavy atom. The van der Waals surface area contributed by atoms with Gasteiger partial charge in [-0.1, -0.05) is 41.6 Å². The Labute approximate surface area is 163 Å². The third kappa shape index (κ3) is 3.96. The second-order valence-corrected chi connectivity index (χ2v) is 6.60. The Morgan fingerprint density at radius 2 is 1.89 bits per heavy atom. The zero-order valence-corrected chi connectivity index (χ0v) is 15.7. The first-order chi connectivity index (χ1) is 13.7. The van der Waals surface area contributed by atoms with Gasteiger partial charge in [0.1, 0.15) is 12.2 Å².